The number of methoxy groups -OCH3 is 2. The van der Waals surface area contributed by atoms with Crippen LogP contribution in [0.4, 0.5) is 0 Å². The summed E-state index contributed by atoms with van der Waals surface area (Å²) in [6, 6.07) is 16.2. The second kappa shape index (κ2) is 8.90. The highest BCUT2D eigenvalue weighted by Gasteiger charge is 2.09. The van der Waals surface area contributed by atoms with Gasteiger partial charge < -0.3 is 18.8 Å². The molecule has 0 bridgehead atoms. The minimum Gasteiger partial charge on any atom is -0.497 e. The second-order valence-electron chi connectivity index (χ2n) is 6.16. The summed E-state index contributed by atoms with van der Waals surface area (Å²) in [6.07, 6.45) is 2.23. The number of hydrogen-bond acceptors (Lipinski definition) is 5. The number of hydrogen-bond donors (Lipinski definition) is 0. The molecule has 0 saturated carbocycles. The van der Waals surface area contributed by atoms with Gasteiger partial charge in [-0.25, -0.2) is 0 Å². The zero-order valence-electron chi connectivity index (χ0n) is 15.8. The van der Waals surface area contributed by atoms with E-state index in [2.05, 4.69) is 0 Å². The van der Waals surface area contributed by atoms with E-state index < -0.39 is 0 Å². The van der Waals surface area contributed by atoms with E-state index in [-0.39, 0.29) is 23.5 Å². The van der Waals surface area contributed by atoms with Gasteiger partial charge >= 0.3 is 0 Å². The largest absolute Gasteiger partial charge is 0.497 e. The van der Waals surface area contributed by atoms with Gasteiger partial charge in [-0.2, -0.15) is 0 Å². The van der Waals surface area contributed by atoms with Crippen molar-refractivity contribution in [3.8, 4) is 17.2 Å². The Morgan fingerprint density at radius 3 is 2.00 bits per heavy atom. The second-order valence-corrected chi connectivity index (χ2v) is 6.16. The van der Waals surface area contributed by atoms with Crippen LogP contribution in [0.3, 0.4) is 0 Å². The molecule has 2 aromatic carbocycles. The van der Waals surface area contributed by atoms with Crippen LogP contribution in [0.25, 0.3) is 0 Å². The van der Waals surface area contributed by atoms with E-state index in [1.54, 1.807) is 25.0 Å². The molecule has 3 rings (SSSR count). The van der Waals surface area contributed by atoms with Crippen LogP contribution in [0, 0.1) is 0 Å². The zero-order chi connectivity index (χ0) is 19.9. The van der Waals surface area contributed by atoms with Crippen molar-refractivity contribution in [2.24, 2.45) is 0 Å². The third kappa shape index (κ3) is 4.59. The molecule has 0 N–H and O–H groups in total. The summed E-state index contributed by atoms with van der Waals surface area (Å²) in [6.45, 7) is 0.666. The van der Waals surface area contributed by atoms with E-state index >= 15 is 0 Å². The fourth-order valence-electron chi connectivity index (χ4n) is 2.73. The Labute approximate surface area is 162 Å². The first kappa shape index (κ1) is 19.2. The number of pyridine rings is 1. The topological polar surface area (TPSA) is 66.8 Å². The molecule has 1 heterocycles. The van der Waals surface area contributed by atoms with Gasteiger partial charge in [-0.05, 0) is 35.4 Å². The molecule has 6 heteroatoms. The predicted octanol–water partition coefficient (Wildman–Crippen LogP) is 3.31. The summed E-state index contributed by atoms with van der Waals surface area (Å²) < 4.78 is 17.7. The van der Waals surface area contributed by atoms with Crippen LogP contribution in [0.5, 0.6) is 17.2 Å². The van der Waals surface area contributed by atoms with Crippen LogP contribution in [0.2, 0.25) is 0 Å². The van der Waals surface area contributed by atoms with E-state index in [4.69, 9.17) is 14.2 Å². The van der Waals surface area contributed by atoms with Crippen molar-refractivity contribution in [3.05, 3.63) is 87.8 Å². The van der Waals surface area contributed by atoms with Crippen molar-refractivity contribution in [3.63, 3.8) is 0 Å². The van der Waals surface area contributed by atoms with Crippen molar-refractivity contribution >= 4 is 6.29 Å². The van der Waals surface area contributed by atoms with Gasteiger partial charge in [0, 0.05) is 12.6 Å². The van der Waals surface area contributed by atoms with E-state index in [9.17, 15) is 9.59 Å². The van der Waals surface area contributed by atoms with Crippen molar-refractivity contribution in [2.75, 3.05) is 14.2 Å². The molecule has 144 valence electrons. The van der Waals surface area contributed by atoms with E-state index in [0.717, 1.165) is 22.6 Å². The van der Waals surface area contributed by atoms with Gasteiger partial charge in [0.2, 0.25) is 5.43 Å². The Hall–Kier alpha value is -3.54. The minimum absolute atomic E-state index is 0.190. The van der Waals surface area contributed by atoms with Gasteiger partial charge in [0.1, 0.15) is 18.1 Å². The highest BCUT2D eigenvalue weighted by molar-refractivity contribution is 5.72. The first-order valence-electron chi connectivity index (χ1n) is 8.71. The normalized spacial score (nSPS) is 10.4. The monoisotopic (exact) mass is 379 g/mol. The van der Waals surface area contributed by atoms with Crippen LogP contribution in [0.1, 0.15) is 21.6 Å². The summed E-state index contributed by atoms with van der Waals surface area (Å²) in [7, 11) is 3.21. The Kier molecular flexibility index (Phi) is 6.11. The number of benzene rings is 2. The molecule has 0 atom stereocenters. The standard InChI is InChI=1S/C22H21NO5/c1-26-19-7-3-16(4-8-19)12-23-13-22(21(25)11-18(23)14-24)28-15-17-5-9-20(27-2)10-6-17/h3-11,13-14H,12,15H2,1-2H3. The summed E-state index contributed by atoms with van der Waals surface area (Å²) >= 11 is 0. The molecule has 3 aromatic rings. The van der Waals surface area contributed by atoms with Crippen LogP contribution in [0.15, 0.2) is 65.6 Å². The summed E-state index contributed by atoms with van der Waals surface area (Å²) in [5, 5.41) is 0. The molecule has 6 nitrogen and oxygen atoms in total. The number of carbonyl (C=O) groups is 1. The van der Waals surface area contributed by atoms with Crippen molar-refractivity contribution in [1.29, 1.82) is 0 Å². The molecule has 0 unspecified atom stereocenters. The van der Waals surface area contributed by atoms with E-state index in [1.165, 1.54) is 6.07 Å². The Morgan fingerprint density at radius 2 is 1.46 bits per heavy atom. The van der Waals surface area contributed by atoms with Gasteiger partial charge in [0.05, 0.1) is 26.1 Å². The Balaban J connectivity index is 1.80. The maximum Gasteiger partial charge on any atom is 0.224 e. The van der Waals surface area contributed by atoms with Gasteiger partial charge in [-0.15, -0.1) is 0 Å². The highest BCUT2D eigenvalue weighted by atomic mass is 16.5. The molecule has 0 saturated heterocycles. The third-order valence-electron chi connectivity index (χ3n) is 4.31. The summed E-state index contributed by atoms with van der Waals surface area (Å²) in [5.74, 6) is 1.69. The van der Waals surface area contributed by atoms with Gasteiger partial charge in [0.15, 0.2) is 12.0 Å². The van der Waals surface area contributed by atoms with E-state index in [0.29, 0.717) is 12.8 Å². The Morgan fingerprint density at radius 1 is 0.893 bits per heavy atom. The maximum atomic E-state index is 12.3. The smallest absolute Gasteiger partial charge is 0.224 e. The molecule has 0 radical (unpaired) electrons. The number of nitrogens with zero attached hydrogens (tertiary/aromatic N) is 1. The van der Waals surface area contributed by atoms with Crippen LogP contribution < -0.4 is 19.6 Å². The fraction of sp³-hybridized carbons (Fsp3) is 0.182. The molecule has 0 aliphatic carbocycles. The third-order valence-corrected chi connectivity index (χ3v) is 4.31. The molecule has 28 heavy (non-hydrogen) atoms. The molecule has 0 spiro atoms. The fourth-order valence-corrected chi connectivity index (χ4v) is 2.73. The van der Waals surface area contributed by atoms with Crippen molar-refractivity contribution in [2.45, 2.75) is 13.2 Å². The summed E-state index contributed by atoms with van der Waals surface area (Å²) in [5.41, 5.74) is 1.83. The van der Waals surface area contributed by atoms with Gasteiger partial charge in [-0.3, -0.25) is 9.59 Å². The maximum absolute atomic E-state index is 12.3. The average molecular weight is 379 g/mol. The number of aldehydes is 1. The van der Waals surface area contributed by atoms with Crippen LogP contribution in [-0.2, 0) is 13.2 Å². The Bertz CT molecular complexity index is 991. The predicted molar refractivity (Wildman–Crippen MR) is 106 cm³/mol. The molecule has 0 amide bonds. The molecular formula is C22H21NO5. The number of carbonyl (C=O) groups excluding carboxylic acids is 1. The number of ether oxygens (including phenoxy) is 3. The molecule has 0 fully saturated rings. The molecule has 0 aliphatic rings. The van der Waals surface area contributed by atoms with Crippen molar-refractivity contribution < 1.29 is 19.0 Å². The highest BCUT2D eigenvalue weighted by Crippen LogP contribution is 2.16. The first-order chi connectivity index (χ1) is 13.6. The molecule has 0 aliphatic heterocycles. The lowest BCUT2D eigenvalue weighted by Crippen LogP contribution is -2.15. The SMILES string of the molecule is COc1ccc(COc2cn(Cc3ccc(OC)cc3)c(C=O)cc2=O)cc1. The lowest BCUT2D eigenvalue weighted by Gasteiger charge is -2.13. The summed E-state index contributed by atoms with van der Waals surface area (Å²) in [4.78, 5) is 23.7. The van der Waals surface area contributed by atoms with Crippen LogP contribution >= 0.6 is 0 Å². The number of rotatable bonds is 8. The van der Waals surface area contributed by atoms with Gasteiger partial charge in [0.25, 0.3) is 0 Å². The zero-order valence-corrected chi connectivity index (χ0v) is 15.8. The lowest BCUT2D eigenvalue weighted by atomic mass is 10.2. The molecule has 1 aromatic heterocycles. The quantitative estimate of drug-likeness (QED) is 0.562. The van der Waals surface area contributed by atoms with Crippen LogP contribution in [-0.4, -0.2) is 25.1 Å². The minimum atomic E-state index is -0.332. The number of aromatic nitrogens is 1. The molecular weight excluding hydrogens is 358 g/mol. The van der Waals surface area contributed by atoms with E-state index in [1.807, 2.05) is 48.5 Å². The van der Waals surface area contributed by atoms with Gasteiger partial charge in [-0.1, -0.05) is 24.3 Å². The average Bonchev–Trinajstić information content (AvgIpc) is 2.74. The first-order valence-corrected chi connectivity index (χ1v) is 8.71. The van der Waals surface area contributed by atoms with Crippen molar-refractivity contribution in [1.82, 2.24) is 4.57 Å². The lowest BCUT2D eigenvalue weighted by molar-refractivity contribution is 0.111.